The number of hydrogen-bond acceptors (Lipinski definition) is 4. The van der Waals surface area contributed by atoms with E-state index in [-0.39, 0.29) is 36.8 Å². The molecule has 2 amide bonds. The van der Waals surface area contributed by atoms with Crippen LogP contribution in [0.25, 0.3) is 11.1 Å². The molecule has 0 bridgehead atoms. The highest BCUT2D eigenvalue weighted by Gasteiger charge is 2.32. The number of hydrogen-bond donors (Lipinski definition) is 3. The lowest BCUT2D eigenvalue weighted by atomic mass is 9.89. The lowest BCUT2D eigenvalue weighted by Gasteiger charge is -2.30. The first kappa shape index (κ1) is 23.5. The Morgan fingerprint density at radius 1 is 1.03 bits per heavy atom. The van der Waals surface area contributed by atoms with Crippen LogP contribution in [0.2, 0.25) is 0 Å². The number of carboxylic acids is 1. The fraction of sp³-hybridized carbons (Fsp3) is 0.370. The molecule has 2 atom stereocenters. The number of carbonyl (C=O) groups is 3. The molecule has 0 saturated carbocycles. The average Bonchev–Trinajstić information content (AvgIpc) is 3.10. The summed E-state index contributed by atoms with van der Waals surface area (Å²) in [5.41, 5.74) is 3.79. The summed E-state index contributed by atoms with van der Waals surface area (Å²) in [6.07, 6.45) is 4.01. The second-order valence-corrected chi connectivity index (χ2v) is 9.62. The minimum absolute atomic E-state index is 0.0185. The van der Waals surface area contributed by atoms with Crippen LogP contribution in [-0.2, 0) is 14.3 Å². The van der Waals surface area contributed by atoms with Gasteiger partial charge >= 0.3 is 12.1 Å². The van der Waals surface area contributed by atoms with Crippen molar-refractivity contribution in [1.82, 2.24) is 10.6 Å². The minimum Gasteiger partial charge on any atom is -0.481 e. The average molecular weight is 463 g/mol. The normalized spacial score (nSPS) is 19.1. The second kappa shape index (κ2) is 9.71. The van der Waals surface area contributed by atoms with Crippen LogP contribution in [-0.4, -0.2) is 41.3 Å². The topological polar surface area (TPSA) is 105 Å². The number of allylic oxidation sites excluding steroid dienone is 1. The molecule has 0 spiro atoms. The maximum atomic E-state index is 12.7. The van der Waals surface area contributed by atoms with Crippen molar-refractivity contribution in [1.29, 1.82) is 0 Å². The molecule has 7 nitrogen and oxygen atoms in total. The first-order chi connectivity index (χ1) is 16.2. The predicted molar refractivity (Wildman–Crippen MR) is 128 cm³/mol. The van der Waals surface area contributed by atoms with Gasteiger partial charge in [-0.3, -0.25) is 9.59 Å². The number of amides is 2. The Kier molecular flexibility index (Phi) is 6.72. The number of benzene rings is 2. The molecular weight excluding hydrogens is 432 g/mol. The highest BCUT2D eigenvalue weighted by molar-refractivity contribution is 5.81. The van der Waals surface area contributed by atoms with Crippen LogP contribution in [0.1, 0.15) is 50.2 Å². The second-order valence-electron chi connectivity index (χ2n) is 9.62. The predicted octanol–water partition coefficient (Wildman–Crippen LogP) is 4.23. The minimum atomic E-state index is -0.969. The maximum Gasteiger partial charge on any atom is 0.407 e. The van der Waals surface area contributed by atoms with Crippen molar-refractivity contribution < 1.29 is 24.2 Å². The van der Waals surface area contributed by atoms with Gasteiger partial charge in [-0.05, 0) is 48.9 Å². The van der Waals surface area contributed by atoms with E-state index in [2.05, 4.69) is 34.9 Å². The van der Waals surface area contributed by atoms with Crippen LogP contribution >= 0.6 is 0 Å². The van der Waals surface area contributed by atoms with E-state index in [4.69, 9.17) is 9.84 Å². The van der Waals surface area contributed by atoms with Crippen molar-refractivity contribution >= 4 is 18.0 Å². The Bertz CT molecular complexity index is 1080. The molecule has 178 valence electrons. The van der Waals surface area contributed by atoms with Gasteiger partial charge in [0.2, 0.25) is 5.91 Å². The molecule has 2 aliphatic rings. The molecule has 0 heterocycles. The van der Waals surface area contributed by atoms with Crippen LogP contribution in [0.15, 0.2) is 60.7 Å². The van der Waals surface area contributed by atoms with Crippen molar-refractivity contribution in [3.8, 4) is 11.1 Å². The zero-order valence-electron chi connectivity index (χ0n) is 19.4. The zero-order chi connectivity index (χ0) is 24.3. The zero-order valence-corrected chi connectivity index (χ0v) is 19.4. The molecule has 34 heavy (non-hydrogen) atoms. The number of carboxylic acid groups (broad SMARTS) is 1. The standard InChI is InChI=1S/C27H30N2O5/c1-27(2,15-24(30)31)29-25(32)17-8-7-9-18(14-17)28-26(33)34-16-23-21-12-5-3-10-19(21)20-11-4-6-13-22(20)23/h3-7,9-13,17-18,23H,8,14-16H2,1-2H3,(H,28,33)(H,29,32)(H,30,31)/t17-,18-/m1/s1. The van der Waals surface area contributed by atoms with Gasteiger partial charge in [-0.15, -0.1) is 0 Å². The molecule has 0 radical (unpaired) electrons. The molecule has 2 aliphatic carbocycles. The third-order valence-electron chi connectivity index (χ3n) is 6.40. The molecule has 4 rings (SSSR count). The van der Waals surface area contributed by atoms with Crippen LogP contribution in [0, 0.1) is 5.92 Å². The van der Waals surface area contributed by atoms with Crippen LogP contribution in [0.4, 0.5) is 4.79 Å². The molecule has 2 aromatic carbocycles. The van der Waals surface area contributed by atoms with E-state index in [0.29, 0.717) is 12.8 Å². The van der Waals surface area contributed by atoms with Gasteiger partial charge in [-0.25, -0.2) is 4.79 Å². The quantitative estimate of drug-likeness (QED) is 0.534. The molecule has 0 aliphatic heterocycles. The summed E-state index contributed by atoms with van der Waals surface area (Å²) in [4.78, 5) is 36.3. The number of ether oxygens (including phenoxy) is 1. The highest BCUT2D eigenvalue weighted by Crippen LogP contribution is 2.44. The molecule has 0 aromatic heterocycles. The molecule has 0 saturated heterocycles. The van der Waals surface area contributed by atoms with Crippen molar-refractivity contribution in [2.45, 2.75) is 50.6 Å². The Morgan fingerprint density at radius 3 is 2.26 bits per heavy atom. The summed E-state index contributed by atoms with van der Waals surface area (Å²) in [7, 11) is 0. The summed E-state index contributed by atoms with van der Waals surface area (Å²) >= 11 is 0. The lowest BCUT2D eigenvalue weighted by molar-refractivity contribution is -0.139. The fourth-order valence-corrected chi connectivity index (χ4v) is 4.86. The maximum absolute atomic E-state index is 12.7. The van der Waals surface area contributed by atoms with Crippen LogP contribution < -0.4 is 10.6 Å². The van der Waals surface area contributed by atoms with E-state index in [0.717, 1.165) is 11.1 Å². The molecule has 7 heteroatoms. The monoisotopic (exact) mass is 462 g/mol. The number of aliphatic carboxylic acids is 1. The summed E-state index contributed by atoms with van der Waals surface area (Å²) in [5, 5.41) is 14.7. The largest absolute Gasteiger partial charge is 0.481 e. The van der Waals surface area contributed by atoms with E-state index in [1.54, 1.807) is 13.8 Å². The molecule has 2 aromatic rings. The van der Waals surface area contributed by atoms with E-state index < -0.39 is 17.6 Å². The van der Waals surface area contributed by atoms with Gasteiger partial charge < -0.3 is 20.5 Å². The molecule has 0 unspecified atom stereocenters. The fourth-order valence-electron chi connectivity index (χ4n) is 4.86. The van der Waals surface area contributed by atoms with E-state index >= 15 is 0 Å². The third kappa shape index (κ3) is 5.30. The van der Waals surface area contributed by atoms with Gasteiger partial charge in [0.25, 0.3) is 0 Å². The lowest BCUT2D eigenvalue weighted by Crippen LogP contribution is -2.49. The van der Waals surface area contributed by atoms with Gasteiger partial charge in [-0.2, -0.15) is 0 Å². The van der Waals surface area contributed by atoms with Gasteiger partial charge in [0, 0.05) is 17.4 Å². The first-order valence-electron chi connectivity index (χ1n) is 11.6. The SMILES string of the molecule is CC(C)(CC(=O)O)NC(=O)[C@@H]1CC=C[C@@H](NC(=O)OCC2c3ccccc3-c3ccccc32)C1. The van der Waals surface area contributed by atoms with Gasteiger partial charge in [0.1, 0.15) is 6.61 Å². The van der Waals surface area contributed by atoms with E-state index in [9.17, 15) is 14.4 Å². The van der Waals surface area contributed by atoms with Crippen molar-refractivity contribution in [3.63, 3.8) is 0 Å². The van der Waals surface area contributed by atoms with Crippen LogP contribution in [0.3, 0.4) is 0 Å². The van der Waals surface area contributed by atoms with E-state index in [1.807, 2.05) is 36.4 Å². The highest BCUT2D eigenvalue weighted by atomic mass is 16.5. The Labute approximate surface area is 199 Å². The smallest absolute Gasteiger partial charge is 0.407 e. The Morgan fingerprint density at radius 2 is 1.65 bits per heavy atom. The number of fused-ring (bicyclic) bond motifs is 3. The van der Waals surface area contributed by atoms with Gasteiger partial charge in [-0.1, -0.05) is 60.7 Å². The Balaban J connectivity index is 1.33. The van der Waals surface area contributed by atoms with Crippen molar-refractivity contribution in [2.24, 2.45) is 5.92 Å². The van der Waals surface area contributed by atoms with Gasteiger partial charge in [0.15, 0.2) is 0 Å². The molecule has 0 fully saturated rings. The summed E-state index contributed by atoms with van der Waals surface area (Å²) in [5.74, 6) is -1.55. The van der Waals surface area contributed by atoms with Gasteiger partial charge in [0.05, 0.1) is 12.5 Å². The molecule has 3 N–H and O–H groups in total. The first-order valence-corrected chi connectivity index (χ1v) is 11.6. The van der Waals surface area contributed by atoms with Crippen molar-refractivity contribution in [3.05, 3.63) is 71.8 Å². The number of carbonyl (C=O) groups excluding carboxylic acids is 2. The number of rotatable bonds is 7. The Hall–Kier alpha value is -3.61. The third-order valence-corrected chi connectivity index (χ3v) is 6.40. The number of nitrogens with one attached hydrogen (secondary N) is 2. The number of alkyl carbamates (subject to hydrolysis) is 1. The van der Waals surface area contributed by atoms with Crippen LogP contribution in [0.5, 0.6) is 0 Å². The summed E-state index contributed by atoms with van der Waals surface area (Å²) in [6.45, 7) is 3.60. The van der Waals surface area contributed by atoms with E-state index in [1.165, 1.54) is 11.1 Å². The summed E-state index contributed by atoms with van der Waals surface area (Å²) in [6, 6.07) is 16.0. The van der Waals surface area contributed by atoms with Crippen molar-refractivity contribution in [2.75, 3.05) is 6.61 Å². The summed E-state index contributed by atoms with van der Waals surface area (Å²) < 4.78 is 5.61. The molecular formula is C27H30N2O5.